The molecular formula is C11H10BrClN2. The number of aryl methyl sites for hydroxylation is 1. The fourth-order valence-electron chi connectivity index (χ4n) is 1.51. The first-order chi connectivity index (χ1) is 7.22. The zero-order valence-electron chi connectivity index (χ0n) is 8.24. The van der Waals surface area contributed by atoms with E-state index in [1.807, 2.05) is 35.9 Å². The molecule has 0 fully saturated rings. The number of rotatable bonds is 2. The van der Waals surface area contributed by atoms with E-state index in [0.29, 0.717) is 5.88 Å². The molecule has 1 heterocycles. The number of nitrogens with zero attached hydrogens (tertiary/aromatic N) is 2. The Morgan fingerprint density at radius 1 is 1.47 bits per heavy atom. The maximum absolute atomic E-state index is 5.90. The van der Waals surface area contributed by atoms with Gasteiger partial charge in [0.25, 0.3) is 0 Å². The molecule has 4 heteroatoms. The first kappa shape index (κ1) is 10.7. The van der Waals surface area contributed by atoms with Crippen LogP contribution >= 0.6 is 27.5 Å². The molecule has 0 aliphatic rings. The topological polar surface area (TPSA) is 17.8 Å². The predicted molar refractivity (Wildman–Crippen MR) is 65.6 cm³/mol. The van der Waals surface area contributed by atoms with E-state index in [2.05, 4.69) is 20.9 Å². The average Bonchev–Trinajstić information content (AvgIpc) is 2.64. The molecule has 78 valence electrons. The van der Waals surface area contributed by atoms with Crippen molar-refractivity contribution in [3.05, 3.63) is 46.5 Å². The van der Waals surface area contributed by atoms with E-state index in [1.165, 1.54) is 0 Å². The largest absolute Gasteiger partial charge is 0.304 e. The van der Waals surface area contributed by atoms with Gasteiger partial charge in [0.05, 0.1) is 5.69 Å². The second kappa shape index (κ2) is 4.37. The molecule has 0 unspecified atom stereocenters. The summed E-state index contributed by atoms with van der Waals surface area (Å²) in [6.07, 6.45) is 3.72. The van der Waals surface area contributed by atoms with Crippen LogP contribution in [0.2, 0.25) is 0 Å². The minimum Gasteiger partial charge on any atom is -0.304 e. The lowest BCUT2D eigenvalue weighted by Crippen LogP contribution is -1.99. The summed E-state index contributed by atoms with van der Waals surface area (Å²) < 4.78 is 3.07. The molecule has 2 rings (SSSR count). The summed E-state index contributed by atoms with van der Waals surface area (Å²) in [5.74, 6) is 1.46. The summed E-state index contributed by atoms with van der Waals surface area (Å²) in [4.78, 5) is 4.20. The molecule has 2 nitrogen and oxygen atoms in total. The van der Waals surface area contributed by atoms with Crippen LogP contribution in [0.3, 0.4) is 0 Å². The van der Waals surface area contributed by atoms with Crippen molar-refractivity contribution in [1.82, 2.24) is 9.55 Å². The minimum absolute atomic E-state index is 0.500. The third-order valence-corrected chi connectivity index (χ3v) is 3.06. The van der Waals surface area contributed by atoms with E-state index in [1.54, 1.807) is 6.20 Å². The standard InChI is InChI=1S/C11H10BrClN2/c1-8-14-4-5-15(8)11-6-10(12)3-2-9(11)7-13/h2-6H,7H2,1H3. The van der Waals surface area contributed by atoms with Crippen molar-refractivity contribution in [1.29, 1.82) is 0 Å². The molecule has 0 bridgehead atoms. The first-order valence-electron chi connectivity index (χ1n) is 4.57. The highest BCUT2D eigenvalue weighted by molar-refractivity contribution is 9.10. The summed E-state index contributed by atoms with van der Waals surface area (Å²) in [5.41, 5.74) is 2.18. The lowest BCUT2D eigenvalue weighted by atomic mass is 10.2. The number of alkyl halides is 1. The molecule has 0 aliphatic heterocycles. The third-order valence-electron chi connectivity index (χ3n) is 2.28. The maximum atomic E-state index is 5.90. The van der Waals surface area contributed by atoms with Crippen LogP contribution in [0.4, 0.5) is 0 Å². The Labute approximate surface area is 102 Å². The normalized spacial score (nSPS) is 10.6. The van der Waals surface area contributed by atoms with Gasteiger partial charge in [0, 0.05) is 22.7 Å². The summed E-state index contributed by atoms with van der Waals surface area (Å²) in [6, 6.07) is 6.06. The first-order valence-corrected chi connectivity index (χ1v) is 5.90. The van der Waals surface area contributed by atoms with Crippen molar-refractivity contribution >= 4 is 27.5 Å². The van der Waals surface area contributed by atoms with Gasteiger partial charge in [-0.05, 0) is 24.6 Å². The van der Waals surface area contributed by atoms with Gasteiger partial charge in [-0.1, -0.05) is 22.0 Å². The van der Waals surface area contributed by atoms with Gasteiger partial charge >= 0.3 is 0 Å². The van der Waals surface area contributed by atoms with E-state index < -0.39 is 0 Å². The lowest BCUT2D eigenvalue weighted by molar-refractivity contribution is 0.961. The molecule has 2 aromatic rings. The van der Waals surface area contributed by atoms with E-state index >= 15 is 0 Å². The summed E-state index contributed by atoms with van der Waals surface area (Å²) in [6.45, 7) is 1.97. The van der Waals surface area contributed by atoms with Crippen molar-refractivity contribution in [3.8, 4) is 5.69 Å². The van der Waals surface area contributed by atoms with Crippen LogP contribution in [0.25, 0.3) is 5.69 Å². The van der Waals surface area contributed by atoms with Crippen LogP contribution in [0.15, 0.2) is 35.1 Å². The Morgan fingerprint density at radius 2 is 2.27 bits per heavy atom. The van der Waals surface area contributed by atoms with Crippen molar-refractivity contribution in [2.45, 2.75) is 12.8 Å². The van der Waals surface area contributed by atoms with Crippen LogP contribution in [0.1, 0.15) is 11.4 Å². The molecular weight excluding hydrogens is 275 g/mol. The van der Waals surface area contributed by atoms with E-state index in [9.17, 15) is 0 Å². The smallest absolute Gasteiger partial charge is 0.110 e. The summed E-state index contributed by atoms with van der Waals surface area (Å²) in [5, 5.41) is 0. The molecule has 1 aromatic carbocycles. The molecule has 0 saturated carbocycles. The Bertz CT molecular complexity index is 479. The number of benzene rings is 1. The van der Waals surface area contributed by atoms with Gasteiger partial charge in [0.15, 0.2) is 0 Å². The molecule has 0 amide bonds. The minimum atomic E-state index is 0.500. The Hall–Kier alpha value is -0.800. The van der Waals surface area contributed by atoms with Crippen molar-refractivity contribution < 1.29 is 0 Å². The SMILES string of the molecule is Cc1nccn1-c1cc(Br)ccc1CCl. The van der Waals surface area contributed by atoms with Gasteiger partial charge in [-0.25, -0.2) is 4.98 Å². The van der Waals surface area contributed by atoms with E-state index in [4.69, 9.17) is 11.6 Å². The highest BCUT2D eigenvalue weighted by atomic mass is 79.9. The number of aromatic nitrogens is 2. The molecule has 0 saturated heterocycles. The Balaban J connectivity index is 2.60. The predicted octanol–water partition coefficient (Wildman–Crippen LogP) is 3.68. The van der Waals surface area contributed by atoms with Crippen molar-refractivity contribution in [3.63, 3.8) is 0 Å². The fourth-order valence-corrected chi connectivity index (χ4v) is 2.08. The molecule has 0 N–H and O–H groups in total. The maximum Gasteiger partial charge on any atom is 0.110 e. The monoisotopic (exact) mass is 284 g/mol. The second-order valence-electron chi connectivity index (χ2n) is 3.25. The van der Waals surface area contributed by atoms with Crippen molar-refractivity contribution in [2.75, 3.05) is 0 Å². The molecule has 0 spiro atoms. The fraction of sp³-hybridized carbons (Fsp3) is 0.182. The van der Waals surface area contributed by atoms with Crippen LogP contribution < -0.4 is 0 Å². The van der Waals surface area contributed by atoms with Crippen LogP contribution in [0.5, 0.6) is 0 Å². The highest BCUT2D eigenvalue weighted by Crippen LogP contribution is 2.22. The van der Waals surface area contributed by atoms with Crippen LogP contribution in [-0.4, -0.2) is 9.55 Å². The van der Waals surface area contributed by atoms with Crippen LogP contribution in [0, 0.1) is 6.92 Å². The van der Waals surface area contributed by atoms with Gasteiger partial charge in [-0.3, -0.25) is 0 Å². The zero-order chi connectivity index (χ0) is 10.8. The molecule has 1 aromatic heterocycles. The van der Waals surface area contributed by atoms with Crippen LogP contribution in [-0.2, 0) is 5.88 Å². The second-order valence-corrected chi connectivity index (χ2v) is 4.43. The molecule has 0 radical (unpaired) electrons. The summed E-state index contributed by atoms with van der Waals surface area (Å²) in [7, 11) is 0. The molecule has 0 atom stereocenters. The third kappa shape index (κ3) is 2.08. The Morgan fingerprint density at radius 3 is 2.87 bits per heavy atom. The Kier molecular flexibility index (Phi) is 3.12. The van der Waals surface area contributed by atoms with E-state index in [0.717, 1.165) is 21.5 Å². The quantitative estimate of drug-likeness (QED) is 0.770. The molecule has 0 aliphatic carbocycles. The lowest BCUT2D eigenvalue weighted by Gasteiger charge is -2.10. The van der Waals surface area contributed by atoms with Crippen molar-refractivity contribution in [2.24, 2.45) is 0 Å². The number of imidazole rings is 1. The van der Waals surface area contributed by atoms with E-state index in [-0.39, 0.29) is 0 Å². The average molecular weight is 286 g/mol. The van der Waals surface area contributed by atoms with Gasteiger partial charge in [-0.2, -0.15) is 0 Å². The highest BCUT2D eigenvalue weighted by Gasteiger charge is 2.06. The summed E-state index contributed by atoms with van der Waals surface area (Å²) >= 11 is 9.36. The number of hydrogen-bond donors (Lipinski definition) is 0. The van der Waals surface area contributed by atoms with Gasteiger partial charge in [0.1, 0.15) is 5.82 Å². The van der Waals surface area contributed by atoms with Gasteiger partial charge in [-0.15, -0.1) is 11.6 Å². The zero-order valence-corrected chi connectivity index (χ0v) is 10.6. The number of halogens is 2. The van der Waals surface area contributed by atoms with Gasteiger partial charge in [0.2, 0.25) is 0 Å². The van der Waals surface area contributed by atoms with Gasteiger partial charge < -0.3 is 4.57 Å². The molecule has 15 heavy (non-hydrogen) atoms. The number of hydrogen-bond acceptors (Lipinski definition) is 1.